The molecule has 0 saturated heterocycles. The molecule has 6 nitrogen and oxygen atoms in total. The Bertz CT molecular complexity index is 616. The summed E-state index contributed by atoms with van der Waals surface area (Å²) in [5.74, 6) is 0.0241. The Morgan fingerprint density at radius 2 is 2.05 bits per heavy atom. The van der Waals surface area contributed by atoms with Gasteiger partial charge in [0.2, 0.25) is 10.0 Å². The Morgan fingerprint density at radius 1 is 1.33 bits per heavy atom. The van der Waals surface area contributed by atoms with E-state index in [2.05, 4.69) is 10.0 Å². The lowest BCUT2D eigenvalue weighted by atomic mass is 10.0. The molecule has 2 rings (SSSR count). The van der Waals surface area contributed by atoms with E-state index in [-0.39, 0.29) is 11.9 Å². The molecule has 0 radical (unpaired) electrons. The van der Waals surface area contributed by atoms with Crippen molar-refractivity contribution in [2.75, 3.05) is 17.5 Å². The minimum atomic E-state index is -3.43. The Kier molecular flexibility index (Phi) is 4.84. The first-order valence-corrected chi connectivity index (χ1v) is 8.87. The fraction of sp³-hybridized carbons (Fsp3) is 0.500. The minimum absolute atomic E-state index is 0.0637. The minimum Gasteiger partial charge on any atom is -0.349 e. The zero-order valence-corrected chi connectivity index (χ0v) is 12.8. The van der Waals surface area contributed by atoms with E-state index < -0.39 is 10.0 Å². The highest BCUT2D eigenvalue weighted by atomic mass is 32.2. The van der Waals surface area contributed by atoms with Gasteiger partial charge in [-0.25, -0.2) is 8.42 Å². The average Bonchev–Trinajstić information content (AvgIpc) is 2.84. The number of amides is 1. The smallest absolute Gasteiger partial charge is 0.253 e. The summed E-state index contributed by atoms with van der Waals surface area (Å²) in [7, 11) is -3.43. The quantitative estimate of drug-likeness (QED) is 0.752. The van der Waals surface area contributed by atoms with Crippen LogP contribution in [0.4, 0.5) is 5.69 Å². The van der Waals surface area contributed by atoms with Crippen LogP contribution in [-0.4, -0.2) is 33.2 Å². The molecular formula is C14H21N3O3S. The van der Waals surface area contributed by atoms with Crippen molar-refractivity contribution in [1.29, 1.82) is 0 Å². The second kappa shape index (κ2) is 6.44. The van der Waals surface area contributed by atoms with Crippen molar-refractivity contribution in [2.45, 2.75) is 25.3 Å². The van der Waals surface area contributed by atoms with Crippen molar-refractivity contribution in [3.05, 3.63) is 29.8 Å². The monoisotopic (exact) mass is 311 g/mol. The second-order valence-electron chi connectivity index (χ2n) is 5.43. The molecule has 2 atom stereocenters. The van der Waals surface area contributed by atoms with Gasteiger partial charge < -0.3 is 11.1 Å². The molecule has 0 aromatic heterocycles. The molecule has 1 fully saturated rings. The molecule has 1 amide bonds. The van der Waals surface area contributed by atoms with Crippen LogP contribution >= 0.6 is 0 Å². The summed E-state index contributed by atoms with van der Waals surface area (Å²) >= 11 is 0. The number of nitrogens with two attached hydrogens (primary N) is 1. The van der Waals surface area contributed by atoms with Crippen LogP contribution < -0.4 is 15.8 Å². The van der Waals surface area contributed by atoms with Gasteiger partial charge in [0, 0.05) is 6.04 Å². The lowest BCUT2D eigenvalue weighted by Crippen LogP contribution is -2.40. The van der Waals surface area contributed by atoms with E-state index in [1.807, 2.05) is 0 Å². The molecule has 4 N–H and O–H groups in total. The van der Waals surface area contributed by atoms with Crippen molar-refractivity contribution in [3.63, 3.8) is 0 Å². The van der Waals surface area contributed by atoms with Gasteiger partial charge in [-0.2, -0.15) is 0 Å². The number of para-hydroxylation sites is 1. The van der Waals surface area contributed by atoms with E-state index in [0.717, 1.165) is 25.5 Å². The maximum absolute atomic E-state index is 12.4. The van der Waals surface area contributed by atoms with E-state index in [4.69, 9.17) is 5.73 Å². The van der Waals surface area contributed by atoms with Gasteiger partial charge in [-0.1, -0.05) is 18.6 Å². The molecular weight excluding hydrogens is 290 g/mol. The highest BCUT2D eigenvalue weighted by Crippen LogP contribution is 2.25. The standard InChI is InChI=1S/C14H21N3O3S/c1-21(19,20)17-13-7-3-2-6-11(13)14(18)16-12-8-4-5-10(12)9-15/h2-3,6-7,10,12,17H,4-5,8-9,15H2,1H3,(H,16,18). The van der Waals surface area contributed by atoms with Gasteiger partial charge in [-0.05, 0) is 37.4 Å². The first-order valence-electron chi connectivity index (χ1n) is 6.98. The molecule has 116 valence electrons. The Labute approximate surface area is 125 Å². The molecule has 0 bridgehead atoms. The van der Waals surface area contributed by atoms with Gasteiger partial charge in [0.25, 0.3) is 5.91 Å². The third-order valence-corrected chi connectivity index (χ3v) is 4.34. The molecule has 0 aliphatic heterocycles. The summed E-state index contributed by atoms with van der Waals surface area (Å²) < 4.78 is 25.1. The van der Waals surface area contributed by atoms with Crippen LogP contribution in [-0.2, 0) is 10.0 Å². The zero-order chi connectivity index (χ0) is 15.5. The third kappa shape index (κ3) is 4.18. The number of anilines is 1. The highest BCUT2D eigenvalue weighted by Gasteiger charge is 2.28. The molecule has 1 aliphatic rings. The van der Waals surface area contributed by atoms with Crippen LogP contribution in [0.5, 0.6) is 0 Å². The summed E-state index contributed by atoms with van der Waals surface area (Å²) in [4.78, 5) is 12.4. The maximum atomic E-state index is 12.4. The number of rotatable bonds is 5. The SMILES string of the molecule is CS(=O)(=O)Nc1ccccc1C(=O)NC1CCCC1CN. The van der Waals surface area contributed by atoms with Crippen molar-refractivity contribution in [2.24, 2.45) is 11.7 Å². The third-order valence-electron chi connectivity index (χ3n) is 3.75. The van der Waals surface area contributed by atoms with Crippen LogP contribution in [0.25, 0.3) is 0 Å². The molecule has 1 aromatic rings. The van der Waals surface area contributed by atoms with E-state index in [1.165, 1.54) is 0 Å². The van der Waals surface area contributed by atoms with Crippen LogP contribution in [0, 0.1) is 5.92 Å². The molecule has 1 aliphatic carbocycles. The Morgan fingerprint density at radius 3 is 2.71 bits per heavy atom. The number of benzene rings is 1. The normalized spacial score (nSPS) is 22.0. The fourth-order valence-corrected chi connectivity index (χ4v) is 3.30. The summed E-state index contributed by atoms with van der Waals surface area (Å²) in [6, 6.07) is 6.63. The zero-order valence-electron chi connectivity index (χ0n) is 12.0. The first kappa shape index (κ1) is 15.8. The number of hydrogen-bond donors (Lipinski definition) is 3. The summed E-state index contributed by atoms with van der Waals surface area (Å²) in [5, 5.41) is 2.97. The fourth-order valence-electron chi connectivity index (χ4n) is 2.72. The molecule has 1 saturated carbocycles. The Balaban J connectivity index is 2.16. The lowest BCUT2D eigenvalue weighted by molar-refractivity contribution is 0.0929. The van der Waals surface area contributed by atoms with Gasteiger partial charge in [0.1, 0.15) is 0 Å². The summed E-state index contributed by atoms with van der Waals surface area (Å²) in [6.45, 7) is 0.550. The highest BCUT2D eigenvalue weighted by molar-refractivity contribution is 7.92. The van der Waals surface area contributed by atoms with Crippen molar-refractivity contribution < 1.29 is 13.2 Å². The number of hydrogen-bond acceptors (Lipinski definition) is 4. The molecule has 21 heavy (non-hydrogen) atoms. The predicted molar refractivity (Wildman–Crippen MR) is 82.6 cm³/mol. The molecule has 0 heterocycles. The van der Waals surface area contributed by atoms with Crippen molar-refractivity contribution >= 4 is 21.6 Å². The molecule has 2 unspecified atom stereocenters. The molecule has 7 heteroatoms. The number of carbonyl (C=O) groups is 1. The van der Waals surface area contributed by atoms with E-state index in [9.17, 15) is 13.2 Å². The van der Waals surface area contributed by atoms with Crippen molar-refractivity contribution in [3.8, 4) is 0 Å². The predicted octanol–water partition coefficient (Wildman–Crippen LogP) is 0.915. The lowest BCUT2D eigenvalue weighted by Gasteiger charge is -2.20. The maximum Gasteiger partial charge on any atom is 0.253 e. The van der Waals surface area contributed by atoms with Crippen molar-refractivity contribution in [1.82, 2.24) is 5.32 Å². The van der Waals surface area contributed by atoms with E-state index in [1.54, 1.807) is 24.3 Å². The van der Waals surface area contributed by atoms with Crippen LogP contribution in [0.2, 0.25) is 0 Å². The average molecular weight is 311 g/mol. The topological polar surface area (TPSA) is 101 Å². The van der Waals surface area contributed by atoms with Crippen LogP contribution in [0.1, 0.15) is 29.6 Å². The molecule has 1 aromatic carbocycles. The first-order chi connectivity index (χ1) is 9.90. The number of carbonyl (C=O) groups excluding carboxylic acids is 1. The van der Waals surface area contributed by atoms with Gasteiger partial charge >= 0.3 is 0 Å². The van der Waals surface area contributed by atoms with Gasteiger partial charge in [0.05, 0.1) is 17.5 Å². The van der Waals surface area contributed by atoms with Crippen LogP contribution in [0.3, 0.4) is 0 Å². The van der Waals surface area contributed by atoms with Gasteiger partial charge in [0.15, 0.2) is 0 Å². The summed E-state index contributed by atoms with van der Waals surface area (Å²) in [5.41, 5.74) is 6.32. The van der Waals surface area contributed by atoms with Crippen LogP contribution in [0.15, 0.2) is 24.3 Å². The number of nitrogens with one attached hydrogen (secondary N) is 2. The Hall–Kier alpha value is -1.60. The van der Waals surface area contributed by atoms with Gasteiger partial charge in [-0.3, -0.25) is 9.52 Å². The van der Waals surface area contributed by atoms with E-state index in [0.29, 0.717) is 23.7 Å². The number of sulfonamides is 1. The van der Waals surface area contributed by atoms with Gasteiger partial charge in [-0.15, -0.1) is 0 Å². The van der Waals surface area contributed by atoms with E-state index >= 15 is 0 Å². The second-order valence-corrected chi connectivity index (χ2v) is 7.17. The largest absolute Gasteiger partial charge is 0.349 e. The summed E-state index contributed by atoms with van der Waals surface area (Å²) in [6.07, 6.45) is 4.04. The molecule has 0 spiro atoms.